The summed E-state index contributed by atoms with van der Waals surface area (Å²) in [4.78, 5) is 25.6. The van der Waals surface area contributed by atoms with Crippen LogP contribution in [0.1, 0.15) is 12.5 Å². The van der Waals surface area contributed by atoms with E-state index in [0.29, 0.717) is 11.7 Å². The van der Waals surface area contributed by atoms with Crippen LogP contribution in [0.5, 0.6) is 0 Å². The van der Waals surface area contributed by atoms with Crippen molar-refractivity contribution in [2.24, 2.45) is 4.99 Å². The van der Waals surface area contributed by atoms with Crippen LogP contribution in [0.3, 0.4) is 0 Å². The van der Waals surface area contributed by atoms with Crippen LogP contribution in [0.4, 0.5) is 5.69 Å². The van der Waals surface area contributed by atoms with E-state index in [9.17, 15) is 4.79 Å². The molecule has 4 rings (SSSR count). The molecule has 1 aromatic heterocycles. The molecule has 2 N–H and O–H groups in total. The van der Waals surface area contributed by atoms with E-state index >= 15 is 0 Å². The molecule has 0 spiro atoms. The first-order valence-corrected chi connectivity index (χ1v) is 10.9. The third kappa shape index (κ3) is 6.39. The highest BCUT2D eigenvalue weighted by Crippen LogP contribution is 2.24. The van der Waals surface area contributed by atoms with Crippen molar-refractivity contribution >= 4 is 41.5 Å². The second kappa shape index (κ2) is 12.1. The molecule has 32 heavy (non-hydrogen) atoms. The van der Waals surface area contributed by atoms with Crippen molar-refractivity contribution in [3.63, 3.8) is 0 Å². The lowest BCUT2D eigenvalue weighted by atomic mass is 10.1. The molecule has 3 heterocycles. The van der Waals surface area contributed by atoms with Crippen LogP contribution < -0.4 is 10.6 Å². The zero-order valence-corrected chi connectivity index (χ0v) is 20.6. The van der Waals surface area contributed by atoms with Gasteiger partial charge in [-0.3, -0.25) is 14.7 Å². The second-order valence-electron chi connectivity index (χ2n) is 7.80. The number of hydrogen-bond donors (Lipinski definition) is 2. The predicted molar refractivity (Wildman–Crippen MR) is 136 cm³/mol. The zero-order chi connectivity index (χ0) is 21.5. The van der Waals surface area contributed by atoms with E-state index in [1.54, 1.807) is 18.5 Å². The second-order valence-corrected chi connectivity index (χ2v) is 7.80. The molecule has 2 aliphatic heterocycles. The fraction of sp³-hybridized carbons (Fsp3) is 0.435. The predicted octanol–water partition coefficient (Wildman–Crippen LogP) is 2.19. The third-order valence-corrected chi connectivity index (χ3v) is 5.60. The normalized spacial score (nSPS) is 20.9. The number of hydrogen-bond acceptors (Lipinski definition) is 5. The van der Waals surface area contributed by atoms with Gasteiger partial charge in [-0.05, 0) is 24.6 Å². The molecule has 2 aromatic rings. The Kier molecular flexibility index (Phi) is 9.24. The number of carbonyl (C=O) groups is 1. The molecule has 2 fully saturated rings. The number of carbonyl (C=O) groups excluding carboxylic acids is 1. The Hall–Kier alpha value is -2.24. The molecule has 2 aliphatic rings. The van der Waals surface area contributed by atoms with Gasteiger partial charge in [0.2, 0.25) is 5.91 Å². The Morgan fingerprint density at radius 3 is 2.81 bits per heavy atom. The molecule has 0 saturated carbocycles. The highest BCUT2D eigenvalue weighted by atomic mass is 127. The molecular formula is C23H31IN6O2. The number of pyridine rings is 1. The van der Waals surface area contributed by atoms with Crippen LogP contribution in [0.2, 0.25) is 0 Å². The van der Waals surface area contributed by atoms with Gasteiger partial charge in [0.05, 0.1) is 30.6 Å². The fourth-order valence-corrected chi connectivity index (χ4v) is 4.16. The number of rotatable bonds is 6. The minimum atomic E-state index is -0.165. The summed E-state index contributed by atoms with van der Waals surface area (Å²) in [7, 11) is 0. The van der Waals surface area contributed by atoms with Gasteiger partial charge in [0.15, 0.2) is 5.96 Å². The van der Waals surface area contributed by atoms with Gasteiger partial charge in [0.1, 0.15) is 6.54 Å². The molecule has 9 heteroatoms. The van der Waals surface area contributed by atoms with Gasteiger partial charge in [0, 0.05) is 38.9 Å². The molecule has 0 radical (unpaired) electrons. The molecule has 8 nitrogen and oxygen atoms in total. The summed E-state index contributed by atoms with van der Waals surface area (Å²) >= 11 is 0. The molecule has 2 unspecified atom stereocenters. The average molecular weight is 550 g/mol. The van der Waals surface area contributed by atoms with Gasteiger partial charge in [-0.15, -0.1) is 24.0 Å². The van der Waals surface area contributed by atoms with Gasteiger partial charge in [-0.25, -0.2) is 4.99 Å². The summed E-state index contributed by atoms with van der Waals surface area (Å²) in [5.74, 6) is 0.587. The molecule has 172 valence electrons. The van der Waals surface area contributed by atoms with Crippen molar-refractivity contribution in [2.45, 2.75) is 25.6 Å². The maximum Gasteiger partial charge on any atom is 0.246 e. The van der Waals surface area contributed by atoms with E-state index in [-0.39, 0.29) is 42.5 Å². The van der Waals surface area contributed by atoms with E-state index in [1.807, 2.05) is 19.1 Å². The maximum absolute atomic E-state index is 12.3. The first kappa shape index (κ1) is 24.4. The van der Waals surface area contributed by atoms with Crippen molar-refractivity contribution in [1.82, 2.24) is 20.1 Å². The number of fused-ring (bicyclic) bond motifs is 1. The number of benzene rings is 1. The largest absolute Gasteiger partial charge is 0.373 e. The molecule has 2 saturated heterocycles. The molecule has 0 aliphatic carbocycles. The highest BCUT2D eigenvalue weighted by Gasteiger charge is 2.41. The summed E-state index contributed by atoms with van der Waals surface area (Å²) in [6.07, 6.45) is 3.44. The minimum absolute atomic E-state index is 0. The lowest BCUT2D eigenvalue weighted by Crippen LogP contribution is -2.50. The summed E-state index contributed by atoms with van der Waals surface area (Å²) in [5.41, 5.74) is 1.99. The Morgan fingerprint density at radius 2 is 2.06 bits per heavy atom. The number of nitrogens with zero attached hydrogens (tertiary/aromatic N) is 4. The van der Waals surface area contributed by atoms with Crippen LogP contribution in [0.25, 0.3) is 0 Å². The zero-order valence-electron chi connectivity index (χ0n) is 18.3. The number of guanidine groups is 1. The Labute approximate surface area is 206 Å². The lowest BCUT2D eigenvalue weighted by molar-refractivity contribution is -0.114. The number of ether oxygens (including phenoxy) is 1. The first-order valence-electron chi connectivity index (χ1n) is 10.9. The number of nitrogens with one attached hydrogen (secondary N) is 2. The Morgan fingerprint density at radius 1 is 1.22 bits per heavy atom. The van der Waals surface area contributed by atoms with Crippen molar-refractivity contribution in [2.75, 3.05) is 44.6 Å². The van der Waals surface area contributed by atoms with Crippen LogP contribution in [0, 0.1) is 0 Å². The number of halogens is 1. The smallest absolute Gasteiger partial charge is 0.246 e. The van der Waals surface area contributed by atoms with Gasteiger partial charge < -0.3 is 20.3 Å². The SMILES string of the molecule is CCNC(=NCC(=O)Nc1cccnc1)N1CC2OCCN(Cc3ccccc3)C2C1.I. The number of morpholine rings is 1. The van der Waals surface area contributed by atoms with E-state index in [0.717, 1.165) is 45.3 Å². The summed E-state index contributed by atoms with van der Waals surface area (Å²) in [6.45, 7) is 7.00. The number of aliphatic imine (C=N–C) groups is 1. The van der Waals surface area contributed by atoms with Gasteiger partial charge >= 0.3 is 0 Å². The number of amides is 1. The lowest BCUT2D eigenvalue weighted by Gasteiger charge is -2.36. The van der Waals surface area contributed by atoms with Crippen LogP contribution in [0.15, 0.2) is 59.9 Å². The van der Waals surface area contributed by atoms with E-state index in [4.69, 9.17) is 4.74 Å². The van der Waals surface area contributed by atoms with E-state index in [1.165, 1.54) is 5.56 Å². The maximum atomic E-state index is 12.3. The quantitative estimate of drug-likeness (QED) is 0.326. The van der Waals surface area contributed by atoms with Crippen molar-refractivity contribution < 1.29 is 9.53 Å². The Balaban J connectivity index is 0.00000289. The topological polar surface area (TPSA) is 82.1 Å². The van der Waals surface area contributed by atoms with Crippen molar-refractivity contribution in [1.29, 1.82) is 0 Å². The standard InChI is InChI=1S/C23H30N6O2.HI/c1-2-25-23(26-14-22(30)27-19-9-6-10-24-13-19)29-16-20-21(17-29)31-12-11-28(20)15-18-7-4-3-5-8-18;/h3-10,13,20-21H,2,11-12,14-17H2,1H3,(H,25,26)(H,27,30);1H. The summed E-state index contributed by atoms with van der Waals surface area (Å²) in [5, 5.41) is 6.15. The van der Waals surface area contributed by atoms with Gasteiger partial charge in [0.25, 0.3) is 0 Å². The molecule has 0 bridgehead atoms. The number of likely N-dealkylation sites (tertiary alicyclic amines) is 1. The monoisotopic (exact) mass is 550 g/mol. The van der Waals surface area contributed by atoms with Crippen LogP contribution in [-0.2, 0) is 16.1 Å². The van der Waals surface area contributed by atoms with Crippen LogP contribution in [-0.4, -0.2) is 78.1 Å². The first-order chi connectivity index (χ1) is 15.2. The fourth-order valence-electron chi connectivity index (χ4n) is 4.16. The highest BCUT2D eigenvalue weighted by molar-refractivity contribution is 14.0. The molecule has 2 atom stereocenters. The minimum Gasteiger partial charge on any atom is -0.373 e. The number of anilines is 1. The summed E-state index contributed by atoms with van der Waals surface area (Å²) in [6, 6.07) is 14.5. The molecule has 1 aromatic carbocycles. The van der Waals surface area contributed by atoms with E-state index in [2.05, 4.69) is 54.7 Å². The Bertz CT molecular complexity index is 883. The van der Waals surface area contributed by atoms with Gasteiger partial charge in [-0.2, -0.15) is 0 Å². The van der Waals surface area contributed by atoms with Gasteiger partial charge in [-0.1, -0.05) is 30.3 Å². The van der Waals surface area contributed by atoms with Crippen molar-refractivity contribution in [3.8, 4) is 0 Å². The van der Waals surface area contributed by atoms with Crippen LogP contribution >= 0.6 is 24.0 Å². The van der Waals surface area contributed by atoms with Crippen molar-refractivity contribution in [3.05, 3.63) is 60.4 Å². The van der Waals surface area contributed by atoms with E-state index < -0.39 is 0 Å². The number of aromatic nitrogens is 1. The molecule has 1 amide bonds. The summed E-state index contributed by atoms with van der Waals surface area (Å²) < 4.78 is 6.08. The average Bonchev–Trinajstić information content (AvgIpc) is 3.23. The third-order valence-electron chi connectivity index (χ3n) is 5.60. The molecular weight excluding hydrogens is 519 g/mol.